The van der Waals surface area contributed by atoms with E-state index in [2.05, 4.69) is 25.4 Å². The summed E-state index contributed by atoms with van der Waals surface area (Å²) in [6.07, 6.45) is 8.62. The first-order valence-corrected chi connectivity index (χ1v) is 9.69. The highest BCUT2D eigenvalue weighted by molar-refractivity contribution is 5.86. The Labute approximate surface area is 165 Å². The molecule has 29 heavy (non-hydrogen) atoms. The van der Waals surface area contributed by atoms with E-state index >= 15 is 0 Å². The van der Waals surface area contributed by atoms with Crippen molar-refractivity contribution >= 4 is 22.5 Å². The Bertz CT molecular complexity index is 1230. The summed E-state index contributed by atoms with van der Waals surface area (Å²) in [6.45, 7) is 0. The van der Waals surface area contributed by atoms with Crippen LogP contribution < -0.4 is 5.32 Å². The van der Waals surface area contributed by atoms with E-state index in [9.17, 15) is 8.78 Å². The van der Waals surface area contributed by atoms with Gasteiger partial charge >= 0.3 is 0 Å². The Kier molecular flexibility index (Phi) is 3.29. The number of benzene rings is 1. The van der Waals surface area contributed by atoms with Crippen LogP contribution in [0.2, 0.25) is 0 Å². The lowest BCUT2D eigenvalue weighted by atomic mass is 9.52. The first kappa shape index (κ1) is 16.8. The zero-order chi connectivity index (χ0) is 19.6. The lowest BCUT2D eigenvalue weighted by Crippen LogP contribution is -2.57. The third kappa shape index (κ3) is 2.73. The molecule has 1 N–H and O–H groups in total. The van der Waals surface area contributed by atoms with Crippen LogP contribution in [0.5, 0.6) is 0 Å². The zero-order valence-corrected chi connectivity index (χ0v) is 15.5. The third-order valence-corrected chi connectivity index (χ3v) is 6.16. The van der Waals surface area contributed by atoms with Crippen molar-refractivity contribution in [1.82, 2.24) is 24.6 Å². The molecule has 146 valence electrons. The summed E-state index contributed by atoms with van der Waals surface area (Å²) < 4.78 is 28.1. The summed E-state index contributed by atoms with van der Waals surface area (Å²) >= 11 is 0. The van der Waals surface area contributed by atoms with Crippen LogP contribution in [0.3, 0.4) is 0 Å². The second-order valence-corrected chi connectivity index (χ2v) is 8.36. The van der Waals surface area contributed by atoms with Gasteiger partial charge in [0.15, 0.2) is 0 Å². The average molecular weight is 392 g/mol. The fourth-order valence-electron chi connectivity index (χ4n) is 4.95. The monoisotopic (exact) mass is 392 g/mol. The molecule has 8 heteroatoms. The maximum absolute atomic E-state index is 13.2. The molecule has 3 heterocycles. The van der Waals surface area contributed by atoms with Gasteiger partial charge in [-0.2, -0.15) is 0 Å². The molecule has 2 aliphatic carbocycles. The van der Waals surface area contributed by atoms with Crippen LogP contribution in [0.1, 0.15) is 25.7 Å². The largest absolute Gasteiger partial charge is 0.350 e. The van der Waals surface area contributed by atoms with E-state index in [0.717, 1.165) is 40.5 Å². The molecule has 2 fully saturated rings. The normalized spacial score (nSPS) is 19.9. The summed E-state index contributed by atoms with van der Waals surface area (Å²) in [7, 11) is 0. The molecule has 1 spiro atoms. The summed E-state index contributed by atoms with van der Waals surface area (Å²) in [5, 5.41) is 7.83. The van der Waals surface area contributed by atoms with E-state index in [1.54, 1.807) is 23.1 Å². The SMILES string of the molecule is FC1(F)CC2(CC(Nc3ncc4c(-c5ccc6nccnc6c5)ccn4n3)C2)C1. The maximum atomic E-state index is 13.2. The number of nitrogens with zero attached hydrogens (tertiary/aromatic N) is 5. The van der Waals surface area contributed by atoms with Crippen molar-refractivity contribution in [3.63, 3.8) is 0 Å². The number of fused-ring (bicyclic) bond motifs is 2. The second kappa shape index (κ2) is 5.68. The molecule has 0 unspecified atom stereocenters. The lowest BCUT2D eigenvalue weighted by Gasteiger charge is -2.57. The molecule has 0 bridgehead atoms. The van der Waals surface area contributed by atoms with Crippen LogP contribution in [0, 0.1) is 5.41 Å². The summed E-state index contributed by atoms with van der Waals surface area (Å²) in [5.41, 5.74) is 4.46. The number of nitrogens with one attached hydrogen (secondary N) is 1. The molecule has 0 aliphatic heterocycles. The molecule has 0 saturated heterocycles. The number of halogens is 2. The number of hydrogen-bond donors (Lipinski definition) is 1. The second-order valence-electron chi connectivity index (χ2n) is 8.36. The van der Waals surface area contributed by atoms with Gasteiger partial charge in [0.2, 0.25) is 11.9 Å². The van der Waals surface area contributed by atoms with Gasteiger partial charge in [-0.25, -0.2) is 18.3 Å². The molecule has 1 aromatic carbocycles. The number of rotatable bonds is 3. The maximum Gasteiger partial charge on any atom is 0.249 e. The van der Waals surface area contributed by atoms with Crippen molar-refractivity contribution in [3.8, 4) is 11.1 Å². The van der Waals surface area contributed by atoms with Crippen molar-refractivity contribution < 1.29 is 8.78 Å². The van der Waals surface area contributed by atoms with Crippen LogP contribution in [0.15, 0.2) is 49.1 Å². The molecular formula is C21H18F2N6. The van der Waals surface area contributed by atoms with Crippen molar-refractivity contribution in [3.05, 3.63) is 49.1 Å². The number of anilines is 1. The minimum atomic E-state index is -2.46. The fourth-order valence-corrected chi connectivity index (χ4v) is 4.95. The van der Waals surface area contributed by atoms with Gasteiger partial charge in [-0.05, 0) is 42.0 Å². The molecule has 0 amide bonds. The van der Waals surface area contributed by atoms with E-state index in [0.29, 0.717) is 5.95 Å². The average Bonchev–Trinajstić information content (AvgIpc) is 3.08. The van der Waals surface area contributed by atoms with Crippen LogP contribution in [0.25, 0.3) is 27.7 Å². The Balaban J connectivity index is 1.23. The van der Waals surface area contributed by atoms with Crippen molar-refractivity contribution in [1.29, 1.82) is 0 Å². The van der Waals surface area contributed by atoms with E-state index < -0.39 is 5.92 Å². The Morgan fingerprint density at radius 2 is 1.79 bits per heavy atom. The lowest BCUT2D eigenvalue weighted by molar-refractivity contribution is -0.193. The first-order chi connectivity index (χ1) is 14.0. The van der Waals surface area contributed by atoms with Crippen LogP contribution in [-0.2, 0) is 0 Å². The highest BCUT2D eigenvalue weighted by Crippen LogP contribution is 2.62. The van der Waals surface area contributed by atoms with Gasteiger partial charge in [0, 0.05) is 43.0 Å². The molecule has 3 aromatic heterocycles. The smallest absolute Gasteiger partial charge is 0.249 e. The van der Waals surface area contributed by atoms with Gasteiger partial charge in [-0.1, -0.05) is 6.07 Å². The van der Waals surface area contributed by atoms with Crippen molar-refractivity contribution in [2.75, 3.05) is 5.32 Å². The van der Waals surface area contributed by atoms with Crippen LogP contribution in [0.4, 0.5) is 14.7 Å². The minimum absolute atomic E-state index is 0.0230. The Morgan fingerprint density at radius 3 is 2.59 bits per heavy atom. The molecule has 2 aliphatic rings. The zero-order valence-electron chi connectivity index (χ0n) is 15.5. The quantitative estimate of drug-likeness (QED) is 0.562. The summed E-state index contributed by atoms with van der Waals surface area (Å²) in [4.78, 5) is 13.1. The van der Waals surface area contributed by atoms with Gasteiger partial charge in [0.05, 0.1) is 22.7 Å². The molecular weight excluding hydrogens is 374 g/mol. The Morgan fingerprint density at radius 1 is 1.00 bits per heavy atom. The fraction of sp³-hybridized carbons (Fsp3) is 0.333. The van der Waals surface area contributed by atoms with Crippen molar-refractivity contribution in [2.24, 2.45) is 5.41 Å². The van der Waals surface area contributed by atoms with Gasteiger partial charge in [0.25, 0.3) is 0 Å². The molecule has 6 rings (SSSR count). The Hall–Kier alpha value is -3.16. The van der Waals surface area contributed by atoms with Gasteiger partial charge in [-0.15, -0.1) is 5.10 Å². The molecule has 0 atom stereocenters. The predicted octanol–water partition coefficient (Wildman–Crippen LogP) is 4.33. The standard InChI is InChI=1S/C21H18F2N6/c22-21(23)11-20(12-21)8-14(9-20)27-19-26-10-18-15(3-6-29(18)28-19)13-1-2-16-17(7-13)25-5-4-24-16/h1-7,10,14H,8-9,11-12H2,(H,27,28). The van der Waals surface area contributed by atoms with E-state index in [4.69, 9.17) is 0 Å². The van der Waals surface area contributed by atoms with Crippen molar-refractivity contribution in [2.45, 2.75) is 37.6 Å². The van der Waals surface area contributed by atoms with Crippen LogP contribution >= 0.6 is 0 Å². The molecule has 0 radical (unpaired) electrons. The topological polar surface area (TPSA) is 68.0 Å². The third-order valence-electron chi connectivity index (χ3n) is 6.16. The number of hydrogen-bond acceptors (Lipinski definition) is 5. The van der Waals surface area contributed by atoms with E-state index in [-0.39, 0.29) is 24.3 Å². The van der Waals surface area contributed by atoms with Gasteiger partial charge in [-0.3, -0.25) is 9.97 Å². The van der Waals surface area contributed by atoms with E-state index in [1.165, 1.54) is 0 Å². The highest BCUT2D eigenvalue weighted by Gasteiger charge is 2.61. The van der Waals surface area contributed by atoms with Gasteiger partial charge in [0.1, 0.15) is 0 Å². The van der Waals surface area contributed by atoms with Gasteiger partial charge < -0.3 is 5.32 Å². The highest BCUT2D eigenvalue weighted by atomic mass is 19.3. The molecule has 4 aromatic rings. The molecule has 2 saturated carbocycles. The molecule has 6 nitrogen and oxygen atoms in total. The first-order valence-electron chi connectivity index (χ1n) is 9.69. The number of aromatic nitrogens is 5. The number of alkyl halides is 2. The summed E-state index contributed by atoms with van der Waals surface area (Å²) in [6, 6.07) is 8.14. The predicted molar refractivity (Wildman–Crippen MR) is 105 cm³/mol. The summed E-state index contributed by atoms with van der Waals surface area (Å²) in [5.74, 6) is -1.94. The minimum Gasteiger partial charge on any atom is -0.350 e. The van der Waals surface area contributed by atoms with E-state index in [1.807, 2.05) is 30.5 Å². The van der Waals surface area contributed by atoms with Crippen LogP contribution in [-0.4, -0.2) is 36.5 Å².